The SMILES string of the molecule is Clc1ccc(Cc2ccc(OCc3ccccc3)nc2OCc2ccccc2)cc1. The van der Waals surface area contributed by atoms with Crippen LogP contribution in [0.15, 0.2) is 97.1 Å². The Kier molecular flexibility index (Phi) is 6.63. The van der Waals surface area contributed by atoms with Crippen molar-refractivity contribution in [2.45, 2.75) is 19.6 Å². The molecule has 0 amide bonds. The minimum atomic E-state index is 0.448. The van der Waals surface area contributed by atoms with Crippen molar-refractivity contribution in [2.75, 3.05) is 0 Å². The minimum Gasteiger partial charge on any atom is -0.473 e. The zero-order valence-corrected chi connectivity index (χ0v) is 17.3. The highest BCUT2D eigenvalue weighted by Gasteiger charge is 2.10. The second-order valence-electron chi connectivity index (χ2n) is 6.97. The van der Waals surface area contributed by atoms with Crippen LogP contribution in [0.5, 0.6) is 11.8 Å². The molecule has 0 aliphatic rings. The number of aromatic nitrogens is 1. The van der Waals surface area contributed by atoms with E-state index in [1.54, 1.807) is 0 Å². The molecule has 3 nitrogen and oxygen atoms in total. The maximum Gasteiger partial charge on any atom is 0.220 e. The third-order valence-electron chi connectivity index (χ3n) is 4.67. The maximum absolute atomic E-state index is 6.09. The largest absolute Gasteiger partial charge is 0.473 e. The van der Waals surface area contributed by atoms with E-state index in [1.165, 1.54) is 0 Å². The highest BCUT2D eigenvalue weighted by molar-refractivity contribution is 6.30. The molecule has 0 bridgehead atoms. The lowest BCUT2D eigenvalue weighted by Gasteiger charge is -2.13. The molecular weight excluding hydrogens is 394 g/mol. The van der Waals surface area contributed by atoms with Crippen LogP contribution in [0.3, 0.4) is 0 Å². The second kappa shape index (κ2) is 9.95. The number of rotatable bonds is 8. The van der Waals surface area contributed by atoms with Crippen LogP contribution in [-0.4, -0.2) is 4.98 Å². The van der Waals surface area contributed by atoms with Gasteiger partial charge in [0.15, 0.2) is 0 Å². The summed E-state index contributed by atoms with van der Waals surface area (Å²) in [4.78, 5) is 4.65. The summed E-state index contributed by atoms with van der Waals surface area (Å²) in [6.07, 6.45) is 0.702. The van der Waals surface area contributed by atoms with Crippen LogP contribution in [0.25, 0.3) is 0 Å². The number of hydrogen-bond acceptors (Lipinski definition) is 3. The summed E-state index contributed by atoms with van der Waals surface area (Å²) in [6.45, 7) is 0.909. The quantitative estimate of drug-likeness (QED) is 0.330. The van der Waals surface area contributed by atoms with Crippen LogP contribution in [-0.2, 0) is 19.6 Å². The van der Waals surface area contributed by atoms with E-state index in [2.05, 4.69) is 4.98 Å². The molecule has 0 fully saturated rings. The zero-order valence-electron chi connectivity index (χ0n) is 16.5. The Labute approximate surface area is 181 Å². The number of halogens is 1. The van der Waals surface area contributed by atoms with E-state index in [0.29, 0.717) is 31.4 Å². The number of ether oxygens (including phenoxy) is 2. The first-order valence-corrected chi connectivity index (χ1v) is 10.2. The van der Waals surface area contributed by atoms with Gasteiger partial charge in [-0.15, -0.1) is 0 Å². The van der Waals surface area contributed by atoms with Crippen molar-refractivity contribution in [2.24, 2.45) is 0 Å². The van der Waals surface area contributed by atoms with Crippen molar-refractivity contribution < 1.29 is 9.47 Å². The van der Waals surface area contributed by atoms with E-state index in [0.717, 1.165) is 27.3 Å². The summed E-state index contributed by atoms with van der Waals surface area (Å²) in [5.41, 5.74) is 4.33. The van der Waals surface area contributed by atoms with Crippen molar-refractivity contribution in [3.8, 4) is 11.8 Å². The van der Waals surface area contributed by atoms with E-state index in [1.807, 2.05) is 97.1 Å². The maximum atomic E-state index is 6.09. The zero-order chi connectivity index (χ0) is 20.6. The van der Waals surface area contributed by atoms with Crippen LogP contribution in [0.2, 0.25) is 5.02 Å². The number of pyridine rings is 1. The van der Waals surface area contributed by atoms with Gasteiger partial charge >= 0.3 is 0 Å². The third-order valence-corrected chi connectivity index (χ3v) is 4.92. The lowest BCUT2D eigenvalue weighted by Crippen LogP contribution is -2.04. The van der Waals surface area contributed by atoms with Crippen LogP contribution in [0, 0.1) is 0 Å². The Hall–Kier alpha value is -3.30. The fourth-order valence-corrected chi connectivity index (χ4v) is 3.20. The Balaban J connectivity index is 1.53. The fourth-order valence-electron chi connectivity index (χ4n) is 3.07. The lowest BCUT2D eigenvalue weighted by atomic mass is 10.1. The van der Waals surface area contributed by atoms with E-state index in [-0.39, 0.29) is 0 Å². The Morgan fingerprint density at radius 3 is 1.83 bits per heavy atom. The molecule has 150 valence electrons. The number of benzene rings is 3. The molecule has 0 saturated carbocycles. The smallest absolute Gasteiger partial charge is 0.220 e. The molecule has 0 atom stereocenters. The molecule has 0 aliphatic carbocycles. The monoisotopic (exact) mass is 415 g/mol. The lowest BCUT2D eigenvalue weighted by molar-refractivity contribution is 0.265. The van der Waals surface area contributed by atoms with Gasteiger partial charge in [-0.05, 0) is 34.9 Å². The summed E-state index contributed by atoms with van der Waals surface area (Å²) in [7, 11) is 0. The Morgan fingerprint density at radius 2 is 1.20 bits per heavy atom. The molecule has 0 unspecified atom stereocenters. The standard InChI is InChI=1S/C26H22ClNO2/c27-24-14-11-20(12-15-24)17-23-13-16-25(29-18-21-7-3-1-4-8-21)28-26(23)30-19-22-9-5-2-6-10-22/h1-16H,17-19H2. The van der Waals surface area contributed by atoms with Crippen LogP contribution < -0.4 is 9.47 Å². The molecule has 4 heteroatoms. The van der Waals surface area contributed by atoms with Gasteiger partial charge in [-0.3, -0.25) is 0 Å². The molecule has 4 aromatic rings. The molecule has 1 heterocycles. The first kappa shape index (κ1) is 20.0. The highest BCUT2D eigenvalue weighted by atomic mass is 35.5. The molecule has 0 saturated heterocycles. The molecule has 0 N–H and O–H groups in total. The van der Waals surface area contributed by atoms with Crippen molar-refractivity contribution in [3.05, 3.63) is 124 Å². The van der Waals surface area contributed by atoms with Gasteiger partial charge in [-0.2, -0.15) is 4.98 Å². The Morgan fingerprint density at radius 1 is 0.600 bits per heavy atom. The topological polar surface area (TPSA) is 31.4 Å². The van der Waals surface area contributed by atoms with Gasteiger partial charge in [0.2, 0.25) is 11.8 Å². The molecule has 3 aromatic carbocycles. The summed E-state index contributed by atoms with van der Waals surface area (Å²) in [5.74, 6) is 1.13. The van der Waals surface area contributed by atoms with E-state index in [9.17, 15) is 0 Å². The molecular formula is C26H22ClNO2. The van der Waals surface area contributed by atoms with Crippen molar-refractivity contribution >= 4 is 11.6 Å². The van der Waals surface area contributed by atoms with E-state index >= 15 is 0 Å². The average Bonchev–Trinajstić information content (AvgIpc) is 2.80. The molecule has 1 aromatic heterocycles. The number of hydrogen-bond donors (Lipinski definition) is 0. The van der Waals surface area contributed by atoms with Crippen LogP contribution in [0.1, 0.15) is 22.3 Å². The average molecular weight is 416 g/mol. The van der Waals surface area contributed by atoms with Gasteiger partial charge in [0.1, 0.15) is 13.2 Å². The molecule has 4 rings (SSSR count). The predicted octanol–water partition coefficient (Wildman–Crippen LogP) is 6.48. The van der Waals surface area contributed by atoms with E-state index < -0.39 is 0 Å². The van der Waals surface area contributed by atoms with Crippen molar-refractivity contribution in [3.63, 3.8) is 0 Å². The summed E-state index contributed by atoms with van der Waals surface area (Å²) < 4.78 is 12.0. The first-order valence-electron chi connectivity index (χ1n) is 9.84. The van der Waals surface area contributed by atoms with Gasteiger partial charge in [0.05, 0.1) is 0 Å². The summed E-state index contributed by atoms with van der Waals surface area (Å²) in [5, 5.41) is 0.724. The van der Waals surface area contributed by atoms with Gasteiger partial charge in [0, 0.05) is 23.1 Å². The minimum absolute atomic E-state index is 0.448. The second-order valence-corrected chi connectivity index (χ2v) is 7.40. The van der Waals surface area contributed by atoms with Crippen LogP contribution >= 0.6 is 11.6 Å². The molecule has 30 heavy (non-hydrogen) atoms. The summed E-state index contributed by atoms with van der Waals surface area (Å²) in [6, 6.07) is 31.8. The third kappa shape index (κ3) is 5.62. The van der Waals surface area contributed by atoms with Gasteiger partial charge in [0.25, 0.3) is 0 Å². The van der Waals surface area contributed by atoms with Crippen LogP contribution in [0.4, 0.5) is 0 Å². The number of nitrogens with zero attached hydrogens (tertiary/aromatic N) is 1. The van der Waals surface area contributed by atoms with Crippen molar-refractivity contribution in [1.29, 1.82) is 0 Å². The molecule has 0 radical (unpaired) electrons. The van der Waals surface area contributed by atoms with Gasteiger partial charge in [-0.1, -0.05) is 84.4 Å². The van der Waals surface area contributed by atoms with Gasteiger partial charge < -0.3 is 9.47 Å². The van der Waals surface area contributed by atoms with Gasteiger partial charge in [-0.25, -0.2) is 0 Å². The first-order chi connectivity index (χ1) is 14.8. The van der Waals surface area contributed by atoms with Crippen molar-refractivity contribution in [1.82, 2.24) is 4.98 Å². The fraction of sp³-hybridized carbons (Fsp3) is 0.115. The predicted molar refractivity (Wildman–Crippen MR) is 120 cm³/mol. The highest BCUT2D eigenvalue weighted by Crippen LogP contribution is 2.25. The van der Waals surface area contributed by atoms with E-state index in [4.69, 9.17) is 21.1 Å². The normalized spacial score (nSPS) is 10.6. The Bertz CT molecular complexity index is 1070. The molecule has 0 aliphatic heterocycles. The summed E-state index contributed by atoms with van der Waals surface area (Å²) >= 11 is 6.02. The molecule has 0 spiro atoms.